The van der Waals surface area contributed by atoms with Gasteiger partial charge in [0.25, 0.3) is 0 Å². The molecular formula is C11H15N3O4S. The molecule has 0 aromatic carbocycles. The lowest BCUT2D eigenvalue weighted by atomic mass is 10.2. The Bertz CT molecular complexity index is 514. The van der Waals surface area contributed by atoms with Crippen LogP contribution in [-0.4, -0.2) is 35.1 Å². The molecule has 2 heterocycles. The Balaban J connectivity index is 2.42. The summed E-state index contributed by atoms with van der Waals surface area (Å²) in [4.78, 5) is 24.5. The Labute approximate surface area is 114 Å². The van der Waals surface area contributed by atoms with E-state index in [9.17, 15) is 20.0 Å². The first-order chi connectivity index (χ1) is 8.91. The summed E-state index contributed by atoms with van der Waals surface area (Å²) in [5.74, 6) is -0.146. The fraction of sp³-hybridized carbons (Fsp3) is 0.545. The molecular weight excluding hydrogens is 270 g/mol. The van der Waals surface area contributed by atoms with Crippen molar-refractivity contribution in [1.29, 1.82) is 0 Å². The van der Waals surface area contributed by atoms with Crippen LogP contribution in [-0.2, 0) is 4.79 Å². The average Bonchev–Trinajstić information content (AvgIpc) is 2.77. The van der Waals surface area contributed by atoms with Crippen LogP contribution < -0.4 is 10.2 Å². The van der Waals surface area contributed by atoms with E-state index in [4.69, 9.17) is 0 Å². The maximum absolute atomic E-state index is 11.6. The van der Waals surface area contributed by atoms with Gasteiger partial charge in [0.2, 0.25) is 5.91 Å². The summed E-state index contributed by atoms with van der Waals surface area (Å²) in [6, 6.07) is 0.928. The first kappa shape index (κ1) is 13.8. The molecule has 1 aromatic heterocycles. The van der Waals surface area contributed by atoms with Crippen molar-refractivity contribution in [3.8, 4) is 0 Å². The minimum Gasteiger partial charge on any atom is -0.388 e. The predicted molar refractivity (Wildman–Crippen MR) is 71.4 cm³/mol. The van der Waals surface area contributed by atoms with Gasteiger partial charge in [0.15, 0.2) is 5.00 Å². The standard InChI is InChI=1S/C11H15N3O4S/c1-6-10(16)12-3-4-13(6)11-8(14(17)18)5-9(19-11)7(2)15/h5-7,15H,3-4H2,1-2H3,(H,12,16). The monoisotopic (exact) mass is 285 g/mol. The second-order valence-corrected chi connectivity index (χ2v) is 5.49. The molecule has 0 bridgehead atoms. The number of nitrogens with zero attached hydrogens (tertiary/aromatic N) is 2. The number of piperazine rings is 1. The number of nitro groups is 1. The summed E-state index contributed by atoms with van der Waals surface area (Å²) < 4.78 is 0. The van der Waals surface area contributed by atoms with E-state index in [0.717, 1.165) is 11.3 Å². The first-order valence-electron chi connectivity index (χ1n) is 5.92. The summed E-state index contributed by atoms with van der Waals surface area (Å²) in [6.07, 6.45) is -0.758. The number of nitrogens with one attached hydrogen (secondary N) is 1. The summed E-state index contributed by atoms with van der Waals surface area (Å²) in [5, 5.41) is 23.8. The number of aliphatic hydroxyl groups is 1. The third-order valence-electron chi connectivity index (χ3n) is 3.08. The third-order valence-corrected chi connectivity index (χ3v) is 4.41. The van der Waals surface area contributed by atoms with E-state index in [2.05, 4.69) is 5.32 Å². The van der Waals surface area contributed by atoms with E-state index in [-0.39, 0.29) is 11.6 Å². The van der Waals surface area contributed by atoms with Crippen LogP contribution in [0.5, 0.6) is 0 Å². The third kappa shape index (κ3) is 2.54. The van der Waals surface area contributed by atoms with Crippen molar-refractivity contribution < 1.29 is 14.8 Å². The summed E-state index contributed by atoms with van der Waals surface area (Å²) in [7, 11) is 0. The van der Waals surface area contributed by atoms with Crippen LogP contribution in [0.2, 0.25) is 0 Å². The van der Waals surface area contributed by atoms with Gasteiger partial charge in [-0.1, -0.05) is 0 Å². The molecule has 0 aliphatic carbocycles. The number of amides is 1. The van der Waals surface area contributed by atoms with Crippen LogP contribution >= 0.6 is 11.3 Å². The van der Waals surface area contributed by atoms with E-state index >= 15 is 0 Å². The summed E-state index contributed by atoms with van der Waals surface area (Å²) in [5.41, 5.74) is -0.0533. The fourth-order valence-electron chi connectivity index (χ4n) is 1.99. The van der Waals surface area contributed by atoms with Crippen molar-refractivity contribution in [3.05, 3.63) is 21.1 Å². The van der Waals surface area contributed by atoms with E-state index in [0.29, 0.717) is 23.0 Å². The van der Waals surface area contributed by atoms with E-state index in [1.165, 1.54) is 6.07 Å². The SMILES string of the molecule is CC(O)c1cc([N+](=O)[O-])c(N2CCNC(=O)C2C)s1. The molecule has 1 aliphatic heterocycles. The van der Waals surface area contributed by atoms with Gasteiger partial charge in [0.1, 0.15) is 6.04 Å². The quantitative estimate of drug-likeness (QED) is 0.639. The molecule has 1 aromatic rings. The molecule has 2 N–H and O–H groups in total. The highest BCUT2D eigenvalue weighted by atomic mass is 32.1. The first-order valence-corrected chi connectivity index (χ1v) is 6.74. The Morgan fingerprint density at radius 1 is 1.68 bits per heavy atom. The van der Waals surface area contributed by atoms with Gasteiger partial charge in [-0.25, -0.2) is 0 Å². The molecule has 2 atom stereocenters. The lowest BCUT2D eigenvalue weighted by Gasteiger charge is -2.32. The molecule has 0 spiro atoms. The molecule has 8 heteroatoms. The molecule has 19 heavy (non-hydrogen) atoms. The van der Waals surface area contributed by atoms with Crippen molar-refractivity contribution in [2.45, 2.75) is 26.0 Å². The number of carbonyl (C=O) groups is 1. The van der Waals surface area contributed by atoms with Gasteiger partial charge in [-0.3, -0.25) is 14.9 Å². The lowest BCUT2D eigenvalue weighted by Crippen LogP contribution is -2.53. The van der Waals surface area contributed by atoms with Crippen LogP contribution in [0.3, 0.4) is 0 Å². The van der Waals surface area contributed by atoms with Gasteiger partial charge < -0.3 is 15.3 Å². The number of rotatable bonds is 3. The molecule has 2 rings (SSSR count). The van der Waals surface area contributed by atoms with Gasteiger partial charge in [0.05, 0.1) is 11.0 Å². The zero-order chi connectivity index (χ0) is 14.2. The molecule has 1 fully saturated rings. The normalized spacial score (nSPS) is 21.1. The van der Waals surface area contributed by atoms with E-state index in [1.54, 1.807) is 18.7 Å². The largest absolute Gasteiger partial charge is 0.388 e. The zero-order valence-corrected chi connectivity index (χ0v) is 11.4. The van der Waals surface area contributed by atoms with Crippen LogP contribution in [0.15, 0.2) is 6.07 Å². The molecule has 1 aliphatic rings. The second-order valence-electron chi connectivity index (χ2n) is 4.43. The number of hydrogen-bond donors (Lipinski definition) is 2. The predicted octanol–water partition coefficient (Wildman–Crippen LogP) is 1.03. The Morgan fingerprint density at radius 3 is 2.95 bits per heavy atom. The lowest BCUT2D eigenvalue weighted by molar-refractivity contribution is -0.383. The number of aliphatic hydroxyl groups excluding tert-OH is 1. The zero-order valence-electron chi connectivity index (χ0n) is 10.6. The maximum atomic E-state index is 11.6. The molecule has 0 saturated carbocycles. The number of hydrogen-bond acceptors (Lipinski definition) is 6. The highest BCUT2D eigenvalue weighted by Crippen LogP contribution is 2.41. The van der Waals surface area contributed by atoms with Crippen LogP contribution in [0.4, 0.5) is 10.7 Å². The van der Waals surface area contributed by atoms with Crippen LogP contribution in [0.25, 0.3) is 0 Å². The molecule has 0 radical (unpaired) electrons. The Morgan fingerprint density at radius 2 is 2.37 bits per heavy atom. The second kappa shape index (κ2) is 5.14. The topological polar surface area (TPSA) is 95.7 Å². The van der Waals surface area contributed by atoms with Crippen LogP contribution in [0.1, 0.15) is 24.8 Å². The van der Waals surface area contributed by atoms with Gasteiger partial charge in [-0.05, 0) is 13.8 Å². The van der Waals surface area contributed by atoms with Gasteiger partial charge in [-0.15, -0.1) is 11.3 Å². The highest BCUT2D eigenvalue weighted by Gasteiger charge is 2.32. The number of carbonyl (C=O) groups excluding carboxylic acids is 1. The molecule has 104 valence electrons. The van der Waals surface area contributed by atoms with Crippen molar-refractivity contribution in [1.82, 2.24) is 5.32 Å². The van der Waals surface area contributed by atoms with Crippen LogP contribution in [0, 0.1) is 10.1 Å². The number of thiophene rings is 1. The van der Waals surface area contributed by atoms with Crippen molar-refractivity contribution in [2.75, 3.05) is 18.0 Å². The fourth-order valence-corrected chi connectivity index (χ4v) is 3.16. The Hall–Kier alpha value is -1.67. The summed E-state index contributed by atoms with van der Waals surface area (Å²) in [6.45, 7) is 4.25. The average molecular weight is 285 g/mol. The van der Waals surface area contributed by atoms with Gasteiger partial charge in [-0.2, -0.15) is 0 Å². The van der Waals surface area contributed by atoms with Crippen molar-refractivity contribution in [3.63, 3.8) is 0 Å². The molecule has 1 saturated heterocycles. The minimum absolute atomic E-state index is 0.0533. The number of anilines is 1. The van der Waals surface area contributed by atoms with Crippen molar-refractivity contribution in [2.24, 2.45) is 0 Å². The highest BCUT2D eigenvalue weighted by molar-refractivity contribution is 7.16. The maximum Gasteiger partial charge on any atom is 0.304 e. The van der Waals surface area contributed by atoms with E-state index < -0.39 is 17.1 Å². The Kier molecular flexibility index (Phi) is 3.72. The van der Waals surface area contributed by atoms with Gasteiger partial charge in [0, 0.05) is 24.0 Å². The van der Waals surface area contributed by atoms with E-state index in [1.807, 2.05) is 0 Å². The van der Waals surface area contributed by atoms with Crippen molar-refractivity contribution >= 4 is 27.9 Å². The smallest absolute Gasteiger partial charge is 0.304 e. The molecule has 7 nitrogen and oxygen atoms in total. The molecule has 2 unspecified atom stereocenters. The minimum atomic E-state index is -0.758. The van der Waals surface area contributed by atoms with Gasteiger partial charge >= 0.3 is 5.69 Å². The molecule has 1 amide bonds. The summed E-state index contributed by atoms with van der Waals surface area (Å²) >= 11 is 1.16.